The predicted molar refractivity (Wildman–Crippen MR) is 97.5 cm³/mol. The van der Waals surface area contributed by atoms with Crippen LogP contribution < -0.4 is 10.6 Å². The zero-order valence-electron chi connectivity index (χ0n) is 15.6. The fraction of sp³-hybridized carbons (Fsp3) is 0.300. The van der Waals surface area contributed by atoms with Crippen molar-refractivity contribution in [1.29, 1.82) is 0 Å². The number of benzene rings is 1. The summed E-state index contributed by atoms with van der Waals surface area (Å²) in [6, 6.07) is 7.67. The molecule has 1 atom stereocenters. The van der Waals surface area contributed by atoms with Gasteiger partial charge in [-0.15, -0.1) is 0 Å². The maximum absolute atomic E-state index is 12.9. The van der Waals surface area contributed by atoms with Crippen molar-refractivity contribution in [2.24, 2.45) is 0 Å². The average Bonchev–Trinajstić information content (AvgIpc) is 3.26. The van der Waals surface area contributed by atoms with Gasteiger partial charge in [-0.05, 0) is 41.8 Å². The second-order valence-electron chi connectivity index (χ2n) is 7.26. The highest BCUT2D eigenvalue weighted by Crippen LogP contribution is 2.34. The molecule has 1 saturated heterocycles. The molecule has 156 valence electrons. The van der Waals surface area contributed by atoms with Crippen LogP contribution in [0.2, 0.25) is 0 Å². The van der Waals surface area contributed by atoms with Crippen LogP contribution in [0.15, 0.2) is 42.6 Å². The maximum atomic E-state index is 12.9. The molecule has 0 radical (unpaired) electrons. The summed E-state index contributed by atoms with van der Waals surface area (Å²) in [5, 5.41) is 4.74. The maximum Gasteiger partial charge on any atom is 0.416 e. The number of rotatable bonds is 4. The van der Waals surface area contributed by atoms with E-state index in [9.17, 15) is 27.6 Å². The highest BCUT2D eigenvalue weighted by Gasteiger charge is 2.49. The van der Waals surface area contributed by atoms with Crippen LogP contribution in [0.3, 0.4) is 0 Å². The third-order valence-corrected chi connectivity index (χ3v) is 5.37. The number of hydrogen-bond donors (Lipinski definition) is 2. The minimum Gasteiger partial charge on any atom is -0.334 e. The van der Waals surface area contributed by atoms with Crippen LogP contribution in [-0.2, 0) is 34.4 Å². The van der Waals surface area contributed by atoms with Gasteiger partial charge in [0.25, 0.3) is 5.91 Å². The molecule has 2 aliphatic rings. The molecule has 2 N–H and O–H groups in total. The zero-order chi connectivity index (χ0) is 21.5. The lowest BCUT2D eigenvalue weighted by Gasteiger charge is -2.26. The Morgan fingerprint density at radius 3 is 2.53 bits per heavy atom. The molecule has 0 spiro atoms. The zero-order valence-corrected chi connectivity index (χ0v) is 15.6. The van der Waals surface area contributed by atoms with E-state index >= 15 is 0 Å². The van der Waals surface area contributed by atoms with Crippen molar-refractivity contribution in [3.63, 3.8) is 0 Å². The normalized spacial score (nSPS) is 20.7. The number of nitrogens with one attached hydrogen (secondary N) is 2. The second-order valence-corrected chi connectivity index (χ2v) is 7.26. The average molecular weight is 418 g/mol. The van der Waals surface area contributed by atoms with Crippen molar-refractivity contribution in [3.8, 4) is 0 Å². The van der Waals surface area contributed by atoms with Crippen molar-refractivity contribution in [2.75, 3.05) is 0 Å². The van der Waals surface area contributed by atoms with Crippen molar-refractivity contribution in [3.05, 3.63) is 65.0 Å². The number of nitrogens with zero attached hydrogens (tertiary/aromatic N) is 2. The summed E-state index contributed by atoms with van der Waals surface area (Å²) in [5.41, 5.74) is -0.813. The molecule has 2 aromatic rings. The molecule has 0 aliphatic carbocycles. The van der Waals surface area contributed by atoms with E-state index in [-0.39, 0.29) is 31.8 Å². The number of pyridine rings is 1. The van der Waals surface area contributed by atoms with Crippen molar-refractivity contribution in [2.45, 2.75) is 37.6 Å². The highest BCUT2D eigenvalue weighted by atomic mass is 19.4. The molecule has 3 heterocycles. The number of urea groups is 1. The molecule has 2 aliphatic heterocycles. The molecule has 7 nitrogen and oxygen atoms in total. The van der Waals surface area contributed by atoms with Gasteiger partial charge < -0.3 is 10.2 Å². The quantitative estimate of drug-likeness (QED) is 0.747. The summed E-state index contributed by atoms with van der Waals surface area (Å²) in [7, 11) is 0. The number of halogens is 3. The van der Waals surface area contributed by atoms with E-state index in [2.05, 4.69) is 15.6 Å². The Bertz CT molecular complexity index is 1030. The molecule has 0 saturated carbocycles. The van der Waals surface area contributed by atoms with Gasteiger partial charge in [0, 0.05) is 25.7 Å². The molecule has 1 aromatic carbocycles. The third kappa shape index (κ3) is 3.49. The van der Waals surface area contributed by atoms with Crippen LogP contribution in [0, 0.1) is 0 Å². The Hall–Kier alpha value is -3.43. The van der Waals surface area contributed by atoms with E-state index in [1.54, 1.807) is 18.2 Å². The van der Waals surface area contributed by atoms with Gasteiger partial charge >= 0.3 is 12.2 Å². The van der Waals surface area contributed by atoms with Crippen LogP contribution in [0.25, 0.3) is 0 Å². The molecular formula is C20H17F3N4O3. The number of hydrogen-bond acceptors (Lipinski definition) is 4. The number of carbonyl (C=O) groups excluding carboxylic acids is 3. The number of alkyl halides is 3. The molecule has 1 fully saturated rings. The first kappa shape index (κ1) is 19.9. The Morgan fingerprint density at radius 2 is 1.90 bits per heavy atom. The summed E-state index contributed by atoms with van der Waals surface area (Å²) in [4.78, 5) is 42.6. The van der Waals surface area contributed by atoms with Gasteiger partial charge in [0.1, 0.15) is 0 Å². The van der Waals surface area contributed by atoms with E-state index in [4.69, 9.17) is 0 Å². The Balaban J connectivity index is 1.49. The van der Waals surface area contributed by atoms with Gasteiger partial charge in [-0.1, -0.05) is 12.1 Å². The number of fused-ring (bicyclic) bond motifs is 1. The summed E-state index contributed by atoms with van der Waals surface area (Å²) >= 11 is 0. The van der Waals surface area contributed by atoms with Crippen LogP contribution in [0.1, 0.15) is 35.2 Å². The first-order chi connectivity index (χ1) is 14.2. The largest absolute Gasteiger partial charge is 0.416 e. The summed E-state index contributed by atoms with van der Waals surface area (Å²) in [6.45, 7) is 0.259. The van der Waals surface area contributed by atoms with Crippen molar-refractivity contribution < 1.29 is 27.6 Å². The summed E-state index contributed by atoms with van der Waals surface area (Å²) < 4.78 is 38.8. The molecule has 4 rings (SSSR count). The fourth-order valence-electron chi connectivity index (χ4n) is 3.79. The minimum atomic E-state index is -4.45. The Kier molecular flexibility index (Phi) is 4.71. The van der Waals surface area contributed by atoms with Crippen molar-refractivity contribution >= 4 is 17.8 Å². The van der Waals surface area contributed by atoms with Crippen molar-refractivity contribution in [1.82, 2.24) is 20.5 Å². The van der Waals surface area contributed by atoms with Gasteiger partial charge in [-0.25, -0.2) is 4.79 Å². The summed E-state index contributed by atoms with van der Waals surface area (Å²) in [5.74, 6) is -0.928. The molecule has 4 amide bonds. The molecule has 30 heavy (non-hydrogen) atoms. The second kappa shape index (κ2) is 7.12. The third-order valence-electron chi connectivity index (χ3n) is 5.37. The molecule has 0 bridgehead atoms. The lowest BCUT2D eigenvalue weighted by Crippen LogP contribution is -2.45. The van der Waals surface area contributed by atoms with Crippen LogP contribution >= 0.6 is 0 Å². The lowest BCUT2D eigenvalue weighted by molar-refractivity contribution is -0.137. The first-order valence-electron chi connectivity index (χ1n) is 9.21. The topological polar surface area (TPSA) is 91.4 Å². The highest BCUT2D eigenvalue weighted by molar-refractivity contribution is 6.07. The molecular weight excluding hydrogens is 401 g/mol. The summed E-state index contributed by atoms with van der Waals surface area (Å²) in [6.07, 6.45) is -3.09. The van der Waals surface area contributed by atoms with Gasteiger partial charge in [-0.3, -0.25) is 19.9 Å². The molecule has 1 unspecified atom stereocenters. The van der Waals surface area contributed by atoms with Gasteiger partial charge in [0.15, 0.2) is 5.54 Å². The SMILES string of the molecule is O=C1NC(=O)C(CCC(=O)N2Cc3ccc(C(F)(F)F)cc3C2)(c2ccccn2)N1. The number of aromatic nitrogens is 1. The standard InChI is InChI=1S/C20H17F3N4O3/c21-20(22,23)14-5-4-12-10-27(11-13(12)9-14)16(28)6-7-19(15-3-1-2-8-24-15)17(29)25-18(30)26-19/h1-5,8-9H,6-7,10-11H2,(H2,25,26,29,30). The molecule has 1 aromatic heterocycles. The smallest absolute Gasteiger partial charge is 0.334 e. The Labute approximate surface area is 169 Å². The van der Waals surface area contributed by atoms with E-state index < -0.39 is 29.2 Å². The first-order valence-corrected chi connectivity index (χ1v) is 9.21. The van der Waals surface area contributed by atoms with Gasteiger partial charge in [0.05, 0.1) is 11.3 Å². The Morgan fingerprint density at radius 1 is 1.13 bits per heavy atom. The number of carbonyl (C=O) groups is 3. The van der Waals surface area contributed by atoms with E-state index in [1.165, 1.54) is 17.2 Å². The van der Waals surface area contributed by atoms with Crippen LogP contribution in [-0.4, -0.2) is 27.7 Å². The van der Waals surface area contributed by atoms with Crippen LogP contribution in [0.4, 0.5) is 18.0 Å². The van der Waals surface area contributed by atoms with Crippen LogP contribution in [0.5, 0.6) is 0 Å². The van der Waals surface area contributed by atoms with E-state index in [0.717, 1.165) is 12.1 Å². The fourth-order valence-corrected chi connectivity index (χ4v) is 3.79. The number of amides is 4. The molecule has 10 heteroatoms. The number of imide groups is 1. The van der Waals surface area contributed by atoms with Gasteiger partial charge in [-0.2, -0.15) is 13.2 Å². The van der Waals surface area contributed by atoms with Gasteiger partial charge in [0.2, 0.25) is 5.91 Å². The minimum absolute atomic E-state index is 0.0267. The van der Waals surface area contributed by atoms with E-state index in [0.29, 0.717) is 16.8 Å². The monoisotopic (exact) mass is 418 g/mol. The predicted octanol–water partition coefficient (Wildman–Crippen LogP) is 2.46. The van der Waals surface area contributed by atoms with E-state index in [1.807, 2.05) is 0 Å². The lowest BCUT2D eigenvalue weighted by atomic mass is 9.89.